The number of halogens is 2. The number of hydrogen-bond donors (Lipinski definition) is 4. The summed E-state index contributed by atoms with van der Waals surface area (Å²) < 4.78 is 39.3. The summed E-state index contributed by atoms with van der Waals surface area (Å²) in [5, 5.41) is 8.45. The van der Waals surface area contributed by atoms with Crippen LogP contribution in [-0.2, 0) is 14.6 Å². The number of hydrogen-bond acceptors (Lipinski definition) is 5. The topological polar surface area (TPSA) is 130 Å². The molecule has 194 valence electrons. The zero-order valence-corrected chi connectivity index (χ0v) is 21.5. The van der Waals surface area contributed by atoms with Crippen molar-refractivity contribution in [3.8, 4) is 11.1 Å². The maximum absolute atomic E-state index is 15.1. The van der Waals surface area contributed by atoms with Gasteiger partial charge in [0.05, 0.1) is 10.6 Å². The van der Waals surface area contributed by atoms with Crippen molar-refractivity contribution in [2.75, 3.05) is 23.4 Å². The van der Waals surface area contributed by atoms with Crippen molar-refractivity contribution in [1.29, 1.82) is 0 Å². The van der Waals surface area contributed by atoms with Crippen LogP contribution in [0.1, 0.15) is 12.8 Å². The summed E-state index contributed by atoms with van der Waals surface area (Å²) in [6.45, 7) is 0.346. The van der Waals surface area contributed by atoms with E-state index in [0.29, 0.717) is 41.2 Å². The zero-order valence-electron chi connectivity index (χ0n) is 19.9. The molecule has 0 spiro atoms. The Morgan fingerprint density at radius 2 is 1.73 bits per heavy atom. The number of rotatable bonds is 7. The van der Waals surface area contributed by atoms with Gasteiger partial charge in [0, 0.05) is 22.5 Å². The first kappa shape index (κ1) is 26.6. The third kappa shape index (κ3) is 5.93. The first-order valence-electron chi connectivity index (χ1n) is 11.5. The number of nitrogens with two attached hydrogens (primary N) is 1. The van der Waals surface area contributed by atoms with Crippen molar-refractivity contribution in [2.45, 2.75) is 23.3 Å². The van der Waals surface area contributed by atoms with Crippen molar-refractivity contribution >= 4 is 44.8 Å². The highest BCUT2D eigenvalue weighted by molar-refractivity contribution is 7.90. The van der Waals surface area contributed by atoms with Gasteiger partial charge in [-0.3, -0.25) is 4.79 Å². The van der Waals surface area contributed by atoms with Crippen molar-refractivity contribution in [3.05, 3.63) is 77.6 Å². The van der Waals surface area contributed by atoms with Gasteiger partial charge in [0.15, 0.2) is 9.84 Å². The van der Waals surface area contributed by atoms with Crippen LogP contribution in [0.3, 0.4) is 0 Å². The Bertz CT molecular complexity index is 1440. The second kappa shape index (κ2) is 10.5. The van der Waals surface area contributed by atoms with Crippen molar-refractivity contribution in [3.63, 3.8) is 0 Å². The number of anilines is 2. The second-order valence-corrected chi connectivity index (χ2v) is 11.5. The van der Waals surface area contributed by atoms with Gasteiger partial charge in [-0.25, -0.2) is 17.6 Å². The highest BCUT2D eigenvalue weighted by Gasteiger charge is 2.51. The smallest absolute Gasteiger partial charge is 0.320 e. The number of carbonyl (C=O) groups excluding carboxylic acids is 2. The molecule has 8 nitrogen and oxygen atoms in total. The van der Waals surface area contributed by atoms with E-state index in [1.807, 2.05) is 0 Å². The van der Waals surface area contributed by atoms with Gasteiger partial charge in [0.1, 0.15) is 11.4 Å². The van der Waals surface area contributed by atoms with Crippen molar-refractivity contribution in [2.24, 2.45) is 11.7 Å². The molecule has 3 aromatic rings. The Kier molecular flexibility index (Phi) is 7.54. The molecule has 0 radical (unpaired) electrons. The summed E-state index contributed by atoms with van der Waals surface area (Å²) in [6.07, 6.45) is 1.68. The average molecular weight is 545 g/mol. The lowest BCUT2D eigenvalue weighted by molar-refractivity contribution is -0.127. The monoisotopic (exact) mass is 544 g/mol. The molecular weight excluding hydrogens is 519 g/mol. The Morgan fingerprint density at radius 1 is 1.05 bits per heavy atom. The molecule has 0 bridgehead atoms. The number of sulfone groups is 1. The van der Waals surface area contributed by atoms with E-state index in [4.69, 9.17) is 17.3 Å². The summed E-state index contributed by atoms with van der Waals surface area (Å²) in [5.41, 5.74) is 5.56. The van der Waals surface area contributed by atoms with Crippen LogP contribution < -0.4 is 21.7 Å². The standard InChI is InChI=1S/C26H26ClFN4O4S/c1-37(35,36)23-5-3-2-4-20(23)17-6-11-22(21(28)12-17)31-24(33)26(13-16(14-26)15-29)32-25(34)30-19-9-7-18(27)8-10-19/h2-12,16H,13-15,29H2,1H3,(H,31,33)(H2,30,32,34). The first-order chi connectivity index (χ1) is 17.5. The van der Waals surface area contributed by atoms with E-state index in [1.54, 1.807) is 42.5 Å². The molecular formula is C26H26ClFN4O4S. The quantitative estimate of drug-likeness (QED) is 0.350. The van der Waals surface area contributed by atoms with E-state index in [9.17, 15) is 18.0 Å². The van der Waals surface area contributed by atoms with Gasteiger partial charge in [0.2, 0.25) is 5.91 Å². The Balaban J connectivity index is 1.52. The molecule has 3 amide bonds. The lowest BCUT2D eigenvalue weighted by atomic mass is 9.67. The number of benzene rings is 3. The first-order valence-corrected chi connectivity index (χ1v) is 13.7. The van der Waals surface area contributed by atoms with Gasteiger partial charge in [0.25, 0.3) is 0 Å². The average Bonchev–Trinajstić information content (AvgIpc) is 2.83. The van der Waals surface area contributed by atoms with Crippen LogP contribution in [0.4, 0.5) is 20.6 Å². The molecule has 0 unspecified atom stereocenters. The van der Waals surface area contributed by atoms with Crippen molar-refractivity contribution < 1.29 is 22.4 Å². The van der Waals surface area contributed by atoms with E-state index < -0.39 is 33.1 Å². The lowest BCUT2D eigenvalue weighted by Crippen LogP contribution is -2.65. The van der Waals surface area contributed by atoms with Gasteiger partial charge >= 0.3 is 6.03 Å². The Hall–Kier alpha value is -3.47. The number of carbonyl (C=O) groups is 2. The normalized spacial score (nSPS) is 19.0. The second-order valence-electron chi connectivity index (χ2n) is 9.10. The summed E-state index contributed by atoms with van der Waals surface area (Å²) >= 11 is 5.87. The van der Waals surface area contributed by atoms with Crippen LogP contribution in [-0.4, -0.2) is 38.7 Å². The minimum absolute atomic E-state index is 0.0290. The maximum atomic E-state index is 15.1. The zero-order chi connectivity index (χ0) is 26.8. The van der Waals surface area contributed by atoms with E-state index in [-0.39, 0.29) is 16.5 Å². The molecule has 3 aromatic carbocycles. The Morgan fingerprint density at radius 3 is 2.35 bits per heavy atom. The predicted molar refractivity (Wildman–Crippen MR) is 142 cm³/mol. The van der Waals surface area contributed by atoms with Crippen molar-refractivity contribution in [1.82, 2.24) is 5.32 Å². The molecule has 0 atom stereocenters. The molecule has 1 aliphatic rings. The SMILES string of the molecule is CS(=O)(=O)c1ccccc1-c1ccc(NC(=O)C2(NC(=O)Nc3ccc(Cl)cc3)CC(CN)C2)c(F)c1. The molecule has 1 fully saturated rings. The van der Waals surface area contributed by atoms with E-state index in [2.05, 4.69) is 16.0 Å². The summed E-state index contributed by atoms with van der Waals surface area (Å²) in [7, 11) is -3.54. The van der Waals surface area contributed by atoms with Crippen LogP contribution in [0, 0.1) is 11.7 Å². The molecule has 0 aromatic heterocycles. The molecule has 0 saturated heterocycles. The fraction of sp³-hybridized carbons (Fsp3) is 0.231. The Labute approximate surface area is 219 Å². The molecule has 11 heteroatoms. The summed E-state index contributed by atoms with van der Waals surface area (Å²) in [5.74, 6) is -1.29. The van der Waals surface area contributed by atoms with E-state index in [1.165, 1.54) is 18.2 Å². The molecule has 4 rings (SSSR count). The van der Waals surface area contributed by atoms with E-state index >= 15 is 4.39 Å². The third-order valence-electron chi connectivity index (χ3n) is 6.31. The van der Waals surface area contributed by atoms with Gasteiger partial charge in [-0.15, -0.1) is 0 Å². The van der Waals surface area contributed by atoms with Gasteiger partial charge in [-0.2, -0.15) is 0 Å². The minimum atomic E-state index is -3.54. The van der Waals surface area contributed by atoms with Crippen LogP contribution in [0.5, 0.6) is 0 Å². The number of urea groups is 1. The molecule has 5 N–H and O–H groups in total. The minimum Gasteiger partial charge on any atom is -0.330 e. The van der Waals surface area contributed by atoms with Crippen LogP contribution in [0.15, 0.2) is 71.6 Å². The van der Waals surface area contributed by atoms with Gasteiger partial charge < -0.3 is 21.7 Å². The largest absolute Gasteiger partial charge is 0.330 e. The maximum Gasteiger partial charge on any atom is 0.320 e. The van der Waals surface area contributed by atoms with Crippen LogP contribution in [0.25, 0.3) is 11.1 Å². The highest BCUT2D eigenvalue weighted by atomic mass is 35.5. The molecule has 1 saturated carbocycles. The molecule has 37 heavy (non-hydrogen) atoms. The lowest BCUT2D eigenvalue weighted by Gasteiger charge is -2.46. The van der Waals surface area contributed by atoms with E-state index in [0.717, 1.165) is 12.3 Å². The molecule has 1 aliphatic carbocycles. The number of nitrogens with one attached hydrogen (secondary N) is 3. The summed E-state index contributed by atoms with van der Waals surface area (Å²) in [6, 6.07) is 16.2. The van der Waals surface area contributed by atoms with Crippen LogP contribution in [0.2, 0.25) is 5.02 Å². The summed E-state index contributed by atoms with van der Waals surface area (Å²) in [4.78, 5) is 26.0. The van der Waals surface area contributed by atoms with Crippen LogP contribution >= 0.6 is 11.6 Å². The number of amides is 3. The van der Waals surface area contributed by atoms with Gasteiger partial charge in [-0.1, -0.05) is 35.9 Å². The predicted octanol–water partition coefficient (Wildman–Crippen LogP) is 4.42. The fourth-order valence-electron chi connectivity index (χ4n) is 4.40. The highest BCUT2D eigenvalue weighted by Crippen LogP contribution is 2.39. The third-order valence-corrected chi connectivity index (χ3v) is 7.72. The fourth-order valence-corrected chi connectivity index (χ4v) is 5.44. The van der Waals surface area contributed by atoms with Gasteiger partial charge in [-0.05, 0) is 73.3 Å². The molecule has 0 heterocycles. The molecule has 0 aliphatic heterocycles.